The molecule has 0 atom stereocenters. The minimum absolute atomic E-state index is 1.16. The fourth-order valence-electron chi connectivity index (χ4n) is 1.30. The predicted octanol–water partition coefficient (Wildman–Crippen LogP) is 3.23. The lowest BCUT2D eigenvalue weighted by Crippen LogP contribution is -1.74. The van der Waals surface area contributed by atoms with Gasteiger partial charge in [-0.3, -0.25) is 0 Å². The zero-order valence-electron chi connectivity index (χ0n) is 6.78. The summed E-state index contributed by atoms with van der Waals surface area (Å²) in [6.45, 7) is 8.14. The second-order valence-electron chi connectivity index (χ2n) is 2.77. The van der Waals surface area contributed by atoms with Crippen LogP contribution in [0.5, 0.6) is 0 Å². The Kier molecular flexibility index (Phi) is 2.10. The van der Waals surface area contributed by atoms with E-state index in [1.54, 1.807) is 0 Å². The van der Waals surface area contributed by atoms with Gasteiger partial charge in [0.05, 0.1) is 0 Å². The van der Waals surface area contributed by atoms with E-state index in [2.05, 4.69) is 26.5 Å². The maximum absolute atomic E-state index is 3.76. The van der Waals surface area contributed by atoms with Gasteiger partial charge < -0.3 is 0 Å². The number of rotatable bonds is 2. The van der Waals surface area contributed by atoms with E-state index in [1.807, 2.05) is 6.08 Å². The molecule has 0 amide bonds. The molecule has 0 radical (unpaired) electrons. The summed E-state index contributed by atoms with van der Waals surface area (Å²) in [6.07, 6.45) is 6.53. The Morgan fingerprint density at radius 2 is 2.40 bits per heavy atom. The molecular weight excluding hydrogens is 120 g/mol. The zero-order valence-corrected chi connectivity index (χ0v) is 6.78. The molecule has 0 aromatic carbocycles. The Labute approximate surface area is 62.9 Å². The van der Waals surface area contributed by atoms with Crippen LogP contribution in [0.1, 0.15) is 26.7 Å². The molecule has 0 aromatic heterocycles. The third kappa shape index (κ3) is 1.21. The summed E-state index contributed by atoms with van der Waals surface area (Å²) in [4.78, 5) is 0. The second kappa shape index (κ2) is 2.87. The molecule has 10 heavy (non-hydrogen) atoms. The van der Waals surface area contributed by atoms with Gasteiger partial charge in [0.1, 0.15) is 0 Å². The van der Waals surface area contributed by atoms with E-state index in [0.29, 0.717) is 0 Å². The maximum atomic E-state index is 3.76. The van der Waals surface area contributed by atoms with Gasteiger partial charge in [0.25, 0.3) is 0 Å². The van der Waals surface area contributed by atoms with Gasteiger partial charge in [-0.05, 0) is 25.3 Å². The molecule has 0 saturated heterocycles. The van der Waals surface area contributed by atoms with Crippen molar-refractivity contribution in [3.8, 4) is 0 Å². The van der Waals surface area contributed by atoms with Crippen molar-refractivity contribution in [1.82, 2.24) is 0 Å². The lowest BCUT2D eigenvalue weighted by Gasteiger charge is -1.94. The predicted molar refractivity (Wildman–Crippen MR) is 45.9 cm³/mol. The van der Waals surface area contributed by atoms with Crippen molar-refractivity contribution in [1.29, 1.82) is 0 Å². The third-order valence-electron chi connectivity index (χ3n) is 2.02. The summed E-state index contributed by atoms with van der Waals surface area (Å²) in [5, 5.41) is 0. The van der Waals surface area contributed by atoms with Crippen molar-refractivity contribution in [2.24, 2.45) is 0 Å². The average Bonchev–Trinajstić information content (AvgIpc) is 2.30. The quantitative estimate of drug-likeness (QED) is 0.544. The van der Waals surface area contributed by atoms with Crippen LogP contribution in [-0.2, 0) is 0 Å². The van der Waals surface area contributed by atoms with Crippen LogP contribution in [0.3, 0.4) is 0 Å². The van der Waals surface area contributed by atoms with E-state index in [0.717, 1.165) is 6.42 Å². The Balaban J connectivity index is 2.77. The van der Waals surface area contributed by atoms with Gasteiger partial charge in [0.2, 0.25) is 0 Å². The van der Waals surface area contributed by atoms with Crippen LogP contribution in [0.15, 0.2) is 35.5 Å². The standard InChI is InChI=1S/C10H14/c1-4-9-6-8(3)10(5-2)7-9/h5,7H,2,4,6H2,1,3H3. The Morgan fingerprint density at radius 1 is 1.70 bits per heavy atom. The summed E-state index contributed by atoms with van der Waals surface area (Å²) in [7, 11) is 0. The fourth-order valence-corrected chi connectivity index (χ4v) is 1.30. The zero-order chi connectivity index (χ0) is 7.56. The molecule has 54 valence electrons. The first kappa shape index (κ1) is 7.33. The average molecular weight is 134 g/mol. The summed E-state index contributed by atoms with van der Waals surface area (Å²) in [5.41, 5.74) is 4.33. The molecule has 1 aliphatic carbocycles. The van der Waals surface area contributed by atoms with Crippen LogP contribution in [0.25, 0.3) is 0 Å². The Hall–Kier alpha value is -0.780. The first-order chi connectivity index (χ1) is 4.77. The highest BCUT2D eigenvalue weighted by Crippen LogP contribution is 2.26. The van der Waals surface area contributed by atoms with E-state index in [9.17, 15) is 0 Å². The molecule has 0 nitrogen and oxygen atoms in total. The minimum Gasteiger partial charge on any atom is -0.0985 e. The van der Waals surface area contributed by atoms with Crippen molar-refractivity contribution in [2.45, 2.75) is 26.7 Å². The van der Waals surface area contributed by atoms with Gasteiger partial charge in [-0.15, -0.1) is 0 Å². The summed E-state index contributed by atoms with van der Waals surface area (Å²) in [5.74, 6) is 0. The van der Waals surface area contributed by atoms with E-state index >= 15 is 0 Å². The molecule has 1 aliphatic rings. The lowest BCUT2D eigenvalue weighted by molar-refractivity contribution is 1.01. The van der Waals surface area contributed by atoms with Crippen LogP contribution < -0.4 is 0 Å². The fraction of sp³-hybridized carbons (Fsp3) is 0.400. The molecule has 0 aromatic rings. The topological polar surface area (TPSA) is 0 Å². The van der Waals surface area contributed by atoms with E-state index < -0.39 is 0 Å². The molecule has 0 spiro atoms. The normalized spacial score (nSPS) is 17.6. The molecule has 0 bridgehead atoms. The minimum atomic E-state index is 1.16. The highest BCUT2D eigenvalue weighted by atomic mass is 14.1. The maximum Gasteiger partial charge on any atom is -0.00990 e. The van der Waals surface area contributed by atoms with Crippen molar-refractivity contribution >= 4 is 0 Å². The summed E-state index contributed by atoms with van der Waals surface area (Å²) < 4.78 is 0. The molecule has 0 fully saturated rings. The number of allylic oxidation sites excluding steroid dienone is 5. The van der Waals surface area contributed by atoms with Gasteiger partial charge in [0.15, 0.2) is 0 Å². The summed E-state index contributed by atoms with van der Waals surface area (Å²) >= 11 is 0. The SMILES string of the molecule is C=CC1=C(C)CC(CC)=C1. The van der Waals surface area contributed by atoms with Crippen molar-refractivity contribution in [3.05, 3.63) is 35.5 Å². The Bertz CT molecular complexity index is 204. The molecular formula is C10H14. The highest BCUT2D eigenvalue weighted by Gasteiger charge is 2.07. The van der Waals surface area contributed by atoms with Gasteiger partial charge in [-0.2, -0.15) is 0 Å². The van der Waals surface area contributed by atoms with E-state index in [4.69, 9.17) is 0 Å². The molecule has 0 N–H and O–H groups in total. The molecule has 0 heteroatoms. The van der Waals surface area contributed by atoms with Crippen molar-refractivity contribution in [2.75, 3.05) is 0 Å². The van der Waals surface area contributed by atoms with Gasteiger partial charge in [-0.25, -0.2) is 0 Å². The highest BCUT2D eigenvalue weighted by molar-refractivity contribution is 5.43. The van der Waals surface area contributed by atoms with Crippen LogP contribution >= 0.6 is 0 Å². The Morgan fingerprint density at radius 3 is 2.70 bits per heavy atom. The monoisotopic (exact) mass is 134 g/mol. The van der Waals surface area contributed by atoms with E-state index in [1.165, 1.54) is 23.1 Å². The van der Waals surface area contributed by atoms with Crippen LogP contribution in [0, 0.1) is 0 Å². The largest absolute Gasteiger partial charge is 0.0985 e. The van der Waals surface area contributed by atoms with E-state index in [-0.39, 0.29) is 0 Å². The third-order valence-corrected chi connectivity index (χ3v) is 2.02. The molecule has 1 rings (SSSR count). The molecule has 0 heterocycles. The van der Waals surface area contributed by atoms with Crippen molar-refractivity contribution in [3.63, 3.8) is 0 Å². The van der Waals surface area contributed by atoms with Crippen molar-refractivity contribution < 1.29 is 0 Å². The molecule has 0 unspecified atom stereocenters. The van der Waals surface area contributed by atoms with Gasteiger partial charge in [0, 0.05) is 0 Å². The van der Waals surface area contributed by atoms with Gasteiger partial charge >= 0.3 is 0 Å². The number of hydrogen-bond donors (Lipinski definition) is 0. The van der Waals surface area contributed by atoms with Crippen LogP contribution in [-0.4, -0.2) is 0 Å². The lowest BCUT2D eigenvalue weighted by atomic mass is 10.1. The second-order valence-corrected chi connectivity index (χ2v) is 2.77. The van der Waals surface area contributed by atoms with Crippen LogP contribution in [0.2, 0.25) is 0 Å². The first-order valence-electron chi connectivity index (χ1n) is 3.79. The smallest absolute Gasteiger partial charge is 0.00990 e. The van der Waals surface area contributed by atoms with Gasteiger partial charge in [-0.1, -0.05) is 36.8 Å². The summed E-state index contributed by atoms with van der Waals surface area (Å²) in [6, 6.07) is 0. The van der Waals surface area contributed by atoms with Crippen LogP contribution in [0.4, 0.5) is 0 Å². The molecule has 0 aliphatic heterocycles. The number of hydrogen-bond acceptors (Lipinski definition) is 0. The first-order valence-corrected chi connectivity index (χ1v) is 3.79. The molecule has 0 saturated carbocycles.